The van der Waals surface area contributed by atoms with E-state index in [4.69, 9.17) is 4.12 Å². The predicted molar refractivity (Wildman–Crippen MR) is 113 cm³/mol. The number of fused-ring (bicyclic) bond motifs is 4. The van der Waals surface area contributed by atoms with Gasteiger partial charge >= 0.3 is 0 Å². The molecule has 2 fully saturated rings. The molecule has 0 heterocycles. The number of rotatable bonds is 8. The van der Waals surface area contributed by atoms with Gasteiger partial charge in [-0.25, -0.2) is 0 Å². The lowest BCUT2D eigenvalue weighted by Gasteiger charge is -2.37. The van der Waals surface area contributed by atoms with Crippen molar-refractivity contribution in [3.8, 4) is 0 Å². The van der Waals surface area contributed by atoms with Gasteiger partial charge in [-0.1, -0.05) is 24.3 Å². The van der Waals surface area contributed by atoms with Crippen LogP contribution in [0.2, 0.25) is 38.3 Å². The van der Waals surface area contributed by atoms with Crippen LogP contribution in [0.3, 0.4) is 0 Å². The molecule has 0 N–H and O–H groups in total. The fourth-order valence-corrected chi connectivity index (χ4v) is 15.3. The molecular weight excluding hydrogens is 336 g/mol. The fourth-order valence-electron chi connectivity index (χ4n) is 6.28. The molecule has 4 rings (SSSR count). The summed E-state index contributed by atoms with van der Waals surface area (Å²) in [7, 11) is -3.08. The molecule has 0 saturated heterocycles. The summed E-state index contributed by atoms with van der Waals surface area (Å²) in [4.78, 5) is 0. The molecule has 4 aliphatic rings. The van der Waals surface area contributed by atoms with Crippen LogP contribution in [-0.4, -0.2) is 16.6 Å². The van der Waals surface area contributed by atoms with Gasteiger partial charge in [0.25, 0.3) is 0 Å². The highest BCUT2D eigenvalue weighted by molar-refractivity contribution is 6.84. The highest BCUT2D eigenvalue weighted by Gasteiger charge is 2.44. The van der Waals surface area contributed by atoms with E-state index in [0.717, 1.165) is 11.8 Å². The maximum absolute atomic E-state index is 6.98. The first-order chi connectivity index (χ1) is 11.7. The van der Waals surface area contributed by atoms with Gasteiger partial charge in [-0.2, -0.15) is 0 Å². The van der Waals surface area contributed by atoms with Gasteiger partial charge in [0.2, 0.25) is 0 Å². The maximum Gasteiger partial charge on any atom is 0.173 e. The topological polar surface area (TPSA) is 9.23 Å². The lowest BCUT2D eigenvalue weighted by Crippen LogP contribution is -2.45. The van der Waals surface area contributed by atoms with Crippen molar-refractivity contribution in [1.29, 1.82) is 0 Å². The van der Waals surface area contributed by atoms with Crippen LogP contribution in [0.4, 0.5) is 0 Å². The summed E-state index contributed by atoms with van der Waals surface area (Å²) in [6.45, 7) is 9.96. The first-order valence-electron chi connectivity index (χ1n) is 10.8. The Balaban J connectivity index is 1.28. The molecule has 4 aliphatic carbocycles. The fraction of sp³-hybridized carbons (Fsp3) is 0.818. The molecule has 4 bridgehead atoms. The Labute approximate surface area is 157 Å². The minimum absolute atomic E-state index is 0.566. The third kappa shape index (κ3) is 3.94. The summed E-state index contributed by atoms with van der Waals surface area (Å²) in [6, 6.07) is 2.71. The van der Waals surface area contributed by atoms with Crippen LogP contribution in [0.1, 0.15) is 51.4 Å². The molecule has 4 atom stereocenters. The van der Waals surface area contributed by atoms with Crippen molar-refractivity contribution in [2.45, 2.75) is 89.6 Å². The Kier molecular flexibility index (Phi) is 4.53. The number of hydrogen-bond donors (Lipinski definition) is 0. The van der Waals surface area contributed by atoms with Crippen molar-refractivity contribution in [2.75, 3.05) is 0 Å². The molecule has 2 saturated carbocycles. The van der Waals surface area contributed by atoms with Crippen molar-refractivity contribution in [3.05, 3.63) is 24.3 Å². The van der Waals surface area contributed by atoms with Crippen molar-refractivity contribution in [3.63, 3.8) is 0 Å². The van der Waals surface area contributed by atoms with Crippen LogP contribution in [-0.2, 0) is 4.12 Å². The van der Waals surface area contributed by atoms with Gasteiger partial charge in [0.15, 0.2) is 16.6 Å². The van der Waals surface area contributed by atoms with E-state index in [9.17, 15) is 0 Å². The Morgan fingerprint density at radius 1 is 0.800 bits per heavy atom. The van der Waals surface area contributed by atoms with E-state index in [1.165, 1.54) is 63.5 Å². The Hall–Kier alpha value is -0.126. The summed E-state index contributed by atoms with van der Waals surface area (Å²) in [5.74, 6) is 1.82. The minimum Gasteiger partial charge on any atom is -0.455 e. The molecule has 0 aromatic carbocycles. The van der Waals surface area contributed by atoms with Crippen LogP contribution in [0.25, 0.3) is 0 Å². The quantitative estimate of drug-likeness (QED) is 0.331. The zero-order chi connectivity index (χ0) is 17.8. The molecule has 0 aromatic rings. The normalized spacial score (nSPS) is 39.0. The summed E-state index contributed by atoms with van der Waals surface area (Å²) in [5, 5.41) is 0. The first-order valence-corrected chi connectivity index (χ1v) is 17.0. The zero-order valence-corrected chi connectivity index (χ0v) is 18.9. The van der Waals surface area contributed by atoms with Crippen LogP contribution >= 0.6 is 0 Å². The Bertz CT molecular complexity index is 529. The average Bonchev–Trinajstić information content (AvgIpc) is 3.31. The molecule has 4 unspecified atom stereocenters. The second kappa shape index (κ2) is 6.20. The van der Waals surface area contributed by atoms with E-state index < -0.39 is 16.6 Å². The molecule has 1 nitrogen and oxygen atoms in total. The predicted octanol–water partition coefficient (Wildman–Crippen LogP) is 6.91. The largest absolute Gasteiger partial charge is 0.455 e. The lowest BCUT2D eigenvalue weighted by molar-refractivity contribution is 0.370. The summed E-state index contributed by atoms with van der Waals surface area (Å²) < 4.78 is 6.98. The highest BCUT2D eigenvalue weighted by Crippen LogP contribution is 2.54. The maximum atomic E-state index is 6.98. The molecule has 0 aliphatic heterocycles. The summed E-state index contributed by atoms with van der Waals surface area (Å²) in [5.41, 5.74) is 1.13. The zero-order valence-electron chi connectivity index (χ0n) is 16.9. The molecule has 0 spiro atoms. The van der Waals surface area contributed by atoms with Gasteiger partial charge in [0.05, 0.1) is 0 Å². The Morgan fingerprint density at radius 2 is 1.24 bits per heavy atom. The monoisotopic (exact) mass is 374 g/mol. The van der Waals surface area contributed by atoms with E-state index in [1.54, 1.807) is 0 Å². The third-order valence-corrected chi connectivity index (χ3v) is 15.1. The Morgan fingerprint density at radius 3 is 1.52 bits per heavy atom. The van der Waals surface area contributed by atoms with Gasteiger partial charge in [-0.3, -0.25) is 0 Å². The van der Waals surface area contributed by atoms with E-state index in [2.05, 4.69) is 50.5 Å². The van der Waals surface area contributed by atoms with E-state index in [1.807, 2.05) is 0 Å². The second-order valence-corrected chi connectivity index (χ2v) is 19.9. The molecule has 0 amide bonds. The first kappa shape index (κ1) is 18.2. The summed E-state index contributed by atoms with van der Waals surface area (Å²) >= 11 is 0. The van der Waals surface area contributed by atoms with E-state index in [0.29, 0.717) is 10.8 Å². The van der Waals surface area contributed by atoms with Gasteiger partial charge in [-0.15, -0.1) is 0 Å². The van der Waals surface area contributed by atoms with Crippen LogP contribution in [0.5, 0.6) is 0 Å². The molecule has 0 aromatic heterocycles. The molecule has 25 heavy (non-hydrogen) atoms. The van der Waals surface area contributed by atoms with Gasteiger partial charge < -0.3 is 4.12 Å². The average molecular weight is 375 g/mol. The summed E-state index contributed by atoms with van der Waals surface area (Å²) in [6.07, 6.45) is 21.5. The van der Waals surface area contributed by atoms with Crippen molar-refractivity contribution in [2.24, 2.45) is 22.7 Å². The van der Waals surface area contributed by atoms with Crippen LogP contribution in [0, 0.1) is 22.7 Å². The van der Waals surface area contributed by atoms with Gasteiger partial charge in [-0.05, 0) is 112 Å². The third-order valence-electron chi connectivity index (χ3n) is 7.81. The smallest absolute Gasteiger partial charge is 0.173 e. The molecular formula is C22H38OSi2. The van der Waals surface area contributed by atoms with Crippen molar-refractivity contribution in [1.82, 2.24) is 0 Å². The van der Waals surface area contributed by atoms with Gasteiger partial charge in [0.1, 0.15) is 0 Å². The van der Waals surface area contributed by atoms with Crippen LogP contribution < -0.4 is 0 Å². The molecule has 140 valence electrons. The number of hydrogen-bond acceptors (Lipinski definition) is 1. The SMILES string of the molecule is C[Si](C)(CCC12C=CC(CC1)C2)O[Si](C)(C)CCC12C=CC(CC1)C2. The lowest BCUT2D eigenvalue weighted by atomic mass is 9.85. The van der Waals surface area contributed by atoms with E-state index >= 15 is 0 Å². The minimum atomic E-state index is -1.54. The van der Waals surface area contributed by atoms with Crippen molar-refractivity contribution >= 4 is 16.6 Å². The molecule has 3 heteroatoms. The second-order valence-electron chi connectivity index (χ2n) is 11.1. The molecule has 0 radical (unpaired) electrons. The standard InChI is InChI=1S/C22H38OSi2/c1-24(2,15-13-21-9-5-19(17-21)6-10-21)23-25(3,4)16-14-22-11-7-20(18-22)8-12-22/h5,7,9,11,19-20H,6,8,10,12-18H2,1-4H3. The van der Waals surface area contributed by atoms with E-state index in [-0.39, 0.29) is 0 Å². The van der Waals surface area contributed by atoms with Crippen LogP contribution in [0.15, 0.2) is 24.3 Å². The van der Waals surface area contributed by atoms with Gasteiger partial charge in [0, 0.05) is 0 Å². The van der Waals surface area contributed by atoms with Crippen molar-refractivity contribution < 1.29 is 4.12 Å². The number of allylic oxidation sites excluding steroid dienone is 4. The highest BCUT2D eigenvalue weighted by atomic mass is 28.4.